The van der Waals surface area contributed by atoms with E-state index in [2.05, 4.69) is 4.74 Å². The van der Waals surface area contributed by atoms with Crippen LogP contribution < -0.4 is 0 Å². The van der Waals surface area contributed by atoms with Crippen molar-refractivity contribution in [1.29, 1.82) is 0 Å². The highest BCUT2D eigenvalue weighted by molar-refractivity contribution is 5.68. The Morgan fingerprint density at radius 3 is 2.73 bits per heavy atom. The molecule has 1 N–H and O–H groups in total. The zero-order chi connectivity index (χ0) is 8.69. The van der Waals surface area contributed by atoms with Crippen LogP contribution in [0.1, 0.15) is 32.6 Å². The first-order chi connectivity index (χ1) is 5.20. The summed E-state index contributed by atoms with van der Waals surface area (Å²) >= 11 is 0. The van der Waals surface area contributed by atoms with Crippen molar-refractivity contribution in [3.63, 3.8) is 0 Å². The van der Waals surface area contributed by atoms with Gasteiger partial charge in [0.1, 0.15) is 0 Å². The van der Waals surface area contributed by atoms with Gasteiger partial charge in [0.2, 0.25) is 0 Å². The van der Waals surface area contributed by atoms with Crippen molar-refractivity contribution in [3.8, 4) is 0 Å². The highest BCUT2D eigenvalue weighted by Crippen LogP contribution is 2.04. The molecule has 0 aliphatic carbocycles. The molecule has 0 radical (unpaired) electrons. The van der Waals surface area contributed by atoms with Crippen LogP contribution in [0.3, 0.4) is 0 Å². The molecule has 0 unspecified atom stereocenters. The number of aliphatic hydroxyl groups is 1. The van der Waals surface area contributed by atoms with Crippen LogP contribution in [0.25, 0.3) is 0 Å². The Morgan fingerprint density at radius 1 is 1.64 bits per heavy atom. The molecule has 0 amide bonds. The van der Waals surface area contributed by atoms with Crippen molar-refractivity contribution in [1.82, 2.24) is 0 Å². The molecule has 1 atom stereocenters. The number of aliphatic hydroxyl groups excluding tert-OH is 1. The van der Waals surface area contributed by atoms with Gasteiger partial charge in [-0.05, 0) is 19.3 Å². The Balaban J connectivity index is 3.20. The van der Waals surface area contributed by atoms with E-state index in [1.165, 1.54) is 7.11 Å². The molecule has 0 rings (SSSR count). The van der Waals surface area contributed by atoms with Gasteiger partial charge in [-0.1, -0.05) is 6.92 Å². The van der Waals surface area contributed by atoms with Crippen molar-refractivity contribution in [2.24, 2.45) is 0 Å². The Morgan fingerprint density at radius 2 is 2.27 bits per heavy atom. The van der Waals surface area contributed by atoms with Crippen LogP contribution in [0.15, 0.2) is 0 Å². The summed E-state index contributed by atoms with van der Waals surface area (Å²) in [7, 11) is 1.37. The standard InChI is InChI=1S/C8H16O3/c1-3-7(9)5-4-6-8(10)11-2/h7,9H,3-6H2,1-2H3/t7-/m0/s1. The van der Waals surface area contributed by atoms with Crippen molar-refractivity contribution in [2.45, 2.75) is 38.7 Å². The third-order valence-electron chi connectivity index (χ3n) is 1.62. The van der Waals surface area contributed by atoms with E-state index < -0.39 is 0 Å². The number of carbonyl (C=O) groups is 1. The van der Waals surface area contributed by atoms with Crippen LogP contribution in [0.4, 0.5) is 0 Å². The lowest BCUT2D eigenvalue weighted by atomic mass is 10.1. The fourth-order valence-electron chi connectivity index (χ4n) is 0.788. The lowest BCUT2D eigenvalue weighted by molar-refractivity contribution is -0.140. The van der Waals surface area contributed by atoms with Crippen molar-refractivity contribution in [3.05, 3.63) is 0 Å². The minimum absolute atomic E-state index is 0.201. The molecule has 0 aromatic rings. The first-order valence-electron chi connectivity index (χ1n) is 3.95. The highest BCUT2D eigenvalue weighted by Gasteiger charge is 2.03. The first kappa shape index (κ1) is 10.4. The summed E-state index contributed by atoms with van der Waals surface area (Å²) in [6, 6.07) is 0. The van der Waals surface area contributed by atoms with Gasteiger partial charge in [0.05, 0.1) is 13.2 Å². The molecule has 0 saturated carbocycles. The molecule has 0 heterocycles. The summed E-state index contributed by atoms with van der Waals surface area (Å²) in [5, 5.41) is 9.09. The first-order valence-corrected chi connectivity index (χ1v) is 3.95. The van der Waals surface area contributed by atoms with E-state index >= 15 is 0 Å². The van der Waals surface area contributed by atoms with E-state index in [0.717, 1.165) is 6.42 Å². The molecule has 3 nitrogen and oxygen atoms in total. The number of esters is 1. The third-order valence-corrected chi connectivity index (χ3v) is 1.62. The average molecular weight is 160 g/mol. The van der Waals surface area contributed by atoms with Gasteiger partial charge in [-0.15, -0.1) is 0 Å². The quantitative estimate of drug-likeness (QED) is 0.612. The molecular formula is C8H16O3. The average Bonchev–Trinajstić information content (AvgIpc) is 2.04. The topological polar surface area (TPSA) is 46.5 Å². The van der Waals surface area contributed by atoms with E-state index in [9.17, 15) is 4.79 Å². The van der Waals surface area contributed by atoms with Gasteiger partial charge >= 0.3 is 5.97 Å². The summed E-state index contributed by atoms with van der Waals surface area (Å²) in [4.78, 5) is 10.6. The van der Waals surface area contributed by atoms with Gasteiger partial charge < -0.3 is 9.84 Å². The maximum Gasteiger partial charge on any atom is 0.305 e. The summed E-state index contributed by atoms with van der Waals surface area (Å²) < 4.78 is 4.45. The maximum atomic E-state index is 10.6. The normalized spacial score (nSPS) is 12.6. The molecule has 3 heteroatoms. The van der Waals surface area contributed by atoms with Gasteiger partial charge in [0.15, 0.2) is 0 Å². The second-order valence-corrected chi connectivity index (χ2v) is 2.53. The van der Waals surface area contributed by atoms with Crippen LogP contribution in [-0.2, 0) is 9.53 Å². The molecule has 11 heavy (non-hydrogen) atoms. The molecule has 0 aromatic carbocycles. The van der Waals surface area contributed by atoms with E-state index in [0.29, 0.717) is 19.3 Å². The van der Waals surface area contributed by atoms with Crippen molar-refractivity contribution in [2.75, 3.05) is 7.11 Å². The third kappa shape index (κ3) is 5.85. The van der Waals surface area contributed by atoms with Gasteiger partial charge in [0.25, 0.3) is 0 Å². The summed E-state index contributed by atoms with van der Waals surface area (Å²) in [6.07, 6.45) is 2.29. The maximum absolute atomic E-state index is 10.6. The molecule has 0 spiro atoms. The highest BCUT2D eigenvalue weighted by atomic mass is 16.5. The molecule has 0 aliphatic heterocycles. The Bertz CT molecular complexity index is 112. The smallest absolute Gasteiger partial charge is 0.305 e. The summed E-state index contributed by atoms with van der Waals surface area (Å²) in [6.45, 7) is 1.92. The fourth-order valence-corrected chi connectivity index (χ4v) is 0.788. The van der Waals surface area contributed by atoms with Gasteiger partial charge in [-0.3, -0.25) is 4.79 Å². The van der Waals surface area contributed by atoms with E-state index in [1.807, 2.05) is 6.92 Å². The number of ether oxygens (including phenoxy) is 1. The van der Waals surface area contributed by atoms with Crippen molar-refractivity contribution >= 4 is 5.97 Å². The molecule has 66 valence electrons. The monoisotopic (exact) mass is 160 g/mol. The fraction of sp³-hybridized carbons (Fsp3) is 0.875. The Hall–Kier alpha value is -0.570. The number of hydrogen-bond donors (Lipinski definition) is 1. The van der Waals surface area contributed by atoms with Crippen LogP contribution in [0.2, 0.25) is 0 Å². The number of rotatable bonds is 5. The van der Waals surface area contributed by atoms with Gasteiger partial charge in [-0.2, -0.15) is 0 Å². The number of methoxy groups -OCH3 is 1. The van der Waals surface area contributed by atoms with E-state index in [1.54, 1.807) is 0 Å². The molecule has 0 saturated heterocycles. The second kappa shape index (κ2) is 6.16. The van der Waals surface area contributed by atoms with Crippen LogP contribution >= 0.6 is 0 Å². The SMILES string of the molecule is CC[C@H](O)CCCC(=O)OC. The zero-order valence-electron chi connectivity index (χ0n) is 7.17. The van der Waals surface area contributed by atoms with E-state index in [-0.39, 0.29) is 12.1 Å². The minimum atomic E-state index is -0.264. The second-order valence-electron chi connectivity index (χ2n) is 2.53. The minimum Gasteiger partial charge on any atom is -0.469 e. The Labute approximate surface area is 67.4 Å². The predicted octanol–water partition coefficient (Wildman–Crippen LogP) is 1.10. The molecule has 0 aromatic heterocycles. The summed E-state index contributed by atoms with van der Waals surface area (Å²) in [5.41, 5.74) is 0. The van der Waals surface area contributed by atoms with E-state index in [4.69, 9.17) is 5.11 Å². The summed E-state index contributed by atoms with van der Waals surface area (Å²) in [5.74, 6) is -0.201. The lowest BCUT2D eigenvalue weighted by Gasteiger charge is -2.05. The van der Waals surface area contributed by atoms with Crippen LogP contribution in [0.5, 0.6) is 0 Å². The molecular weight excluding hydrogens is 144 g/mol. The van der Waals surface area contributed by atoms with Crippen LogP contribution in [0, 0.1) is 0 Å². The molecule has 0 aliphatic rings. The van der Waals surface area contributed by atoms with Gasteiger partial charge in [0, 0.05) is 6.42 Å². The predicted molar refractivity (Wildman–Crippen MR) is 42.2 cm³/mol. The largest absolute Gasteiger partial charge is 0.469 e. The van der Waals surface area contributed by atoms with Crippen molar-refractivity contribution < 1.29 is 14.6 Å². The number of carbonyl (C=O) groups excluding carboxylic acids is 1. The zero-order valence-corrected chi connectivity index (χ0v) is 7.17. The lowest BCUT2D eigenvalue weighted by Crippen LogP contribution is -2.06. The Kier molecular flexibility index (Phi) is 5.84. The molecule has 0 bridgehead atoms. The van der Waals surface area contributed by atoms with Gasteiger partial charge in [-0.25, -0.2) is 0 Å². The van der Waals surface area contributed by atoms with Crippen LogP contribution in [-0.4, -0.2) is 24.3 Å². The number of hydrogen-bond acceptors (Lipinski definition) is 3. The molecule has 0 fully saturated rings.